The van der Waals surface area contributed by atoms with Crippen molar-refractivity contribution in [2.75, 3.05) is 45.8 Å². The summed E-state index contributed by atoms with van der Waals surface area (Å²) in [7, 11) is 0. The van der Waals surface area contributed by atoms with Crippen molar-refractivity contribution in [2.45, 2.75) is 32.4 Å². The lowest BCUT2D eigenvalue weighted by Gasteiger charge is -2.36. The lowest BCUT2D eigenvalue weighted by Crippen LogP contribution is -2.51. The van der Waals surface area contributed by atoms with E-state index in [0.717, 1.165) is 58.7 Å². The van der Waals surface area contributed by atoms with Crippen molar-refractivity contribution >= 4 is 5.91 Å². The van der Waals surface area contributed by atoms with Gasteiger partial charge in [0.15, 0.2) is 0 Å². The molecule has 2 aliphatic heterocycles. The normalized spacial score (nSPS) is 21.2. The molecule has 24 heavy (non-hydrogen) atoms. The molecule has 5 nitrogen and oxygen atoms in total. The van der Waals surface area contributed by atoms with Gasteiger partial charge in [-0.1, -0.05) is 29.8 Å². The summed E-state index contributed by atoms with van der Waals surface area (Å²) < 4.78 is 0. The van der Waals surface area contributed by atoms with Crippen LogP contribution in [0.2, 0.25) is 0 Å². The highest BCUT2D eigenvalue weighted by Crippen LogP contribution is 2.12. The van der Waals surface area contributed by atoms with Gasteiger partial charge in [0.25, 0.3) is 0 Å². The van der Waals surface area contributed by atoms with E-state index < -0.39 is 0 Å². The van der Waals surface area contributed by atoms with E-state index in [9.17, 15) is 9.90 Å². The van der Waals surface area contributed by atoms with Gasteiger partial charge in [-0.2, -0.15) is 0 Å². The number of nitrogens with zero attached hydrogens (tertiary/aromatic N) is 3. The van der Waals surface area contributed by atoms with Crippen molar-refractivity contribution in [3.05, 3.63) is 35.4 Å². The number of piperidine rings is 1. The summed E-state index contributed by atoms with van der Waals surface area (Å²) in [6.45, 7) is 8.79. The smallest absolute Gasteiger partial charge is 0.236 e. The first-order valence-electron chi connectivity index (χ1n) is 9.06. The third-order valence-corrected chi connectivity index (χ3v) is 5.13. The Labute approximate surface area is 144 Å². The van der Waals surface area contributed by atoms with Crippen LogP contribution in [0.4, 0.5) is 0 Å². The standard InChI is InChI=1S/C19H29N3O2/c1-16-3-2-4-17(13-16)14-21-9-11-22(12-10-21)19(24)15-20-7-5-18(23)6-8-20/h2-4,13,18,23H,5-12,14-15H2,1H3. The molecular formula is C19H29N3O2. The molecule has 2 aliphatic rings. The zero-order valence-corrected chi connectivity index (χ0v) is 14.7. The molecule has 0 saturated carbocycles. The summed E-state index contributed by atoms with van der Waals surface area (Å²) in [5, 5.41) is 9.55. The van der Waals surface area contributed by atoms with E-state index in [1.54, 1.807) is 0 Å². The van der Waals surface area contributed by atoms with E-state index in [4.69, 9.17) is 0 Å². The third kappa shape index (κ3) is 4.79. The van der Waals surface area contributed by atoms with Crippen LogP contribution in [0, 0.1) is 6.92 Å². The van der Waals surface area contributed by atoms with Gasteiger partial charge in [-0.25, -0.2) is 0 Å². The molecule has 0 bridgehead atoms. The second-order valence-electron chi connectivity index (χ2n) is 7.15. The van der Waals surface area contributed by atoms with Crippen molar-refractivity contribution in [1.82, 2.24) is 14.7 Å². The molecule has 0 aromatic heterocycles. The predicted octanol–water partition coefficient (Wildman–Crippen LogP) is 1.10. The maximum absolute atomic E-state index is 12.5. The van der Waals surface area contributed by atoms with Crippen molar-refractivity contribution in [1.29, 1.82) is 0 Å². The Morgan fingerprint density at radius 1 is 1.08 bits per heavy atom. The van der Waals surface area contributed by atoms with Crippen LogP contribution in [0.25, 0.3) is 0 Å². The van der Waals surface area contributed by atoms with E-state index >= 15 is 0 Å². The van der Waals surface area contributed by atoms with Crippen LogP contribution in [-0.4, -0.2) is 77.6 Å². The summed E-state index contributed by atoms with van der Waals surface area (Å²) in [4.78, 5) is 19.1. The zero-order chi connectivity index (χ0) is 16.9. The highest BCUT2D eigenvalue weighted by Gasteiger charge is 2.24. The van der Waals surface area contributed by atoms with Crippen LogP contribution >= 0.6 is 0 Å². The van der Waals surface area contributed by atoms with Gasteiger partial charge in [0.2, 0.25) is 5.91 Å². The number of piperazine rings is 1. The minimum absolute atomic E-state index is 0.179. The van der Waals surface area contributed by atoms with E-state index in [1.165, 1.54) is 11.1 Å². The Hall–Kier alpha value is -1.43. The zero-order valence-electron chi connectivity index (χ0n) is 14.7. The van der Waals surface area contributed by atoms with Gasteiger partial charge in [-0.05, 0) is 25.3 Å². The molecule has 1 aromatic carbocycles. The lowest BCUT2D eigenvalue weighted by atomic mass is 10.1. The predicted molar refractivity (Wildman–Crippen MR) is 94.7 cm³/mol. The van der Waals surface area contributed by atoms with Gasteiger partial charge in [-0.3, -0.25) is 14.6 Å². The highest BCUT2D eigenvalue weighted by atomic mass is 16.3. The number of likely N-dealkylation sites (tertiary alicyclic amines) is 1. The number of aliphatic hydroxyl groups is 1. The molecule has 0 aliphatic carbocycles. The fraction of sp³-hybridized carbons (Fsp3) is 0.632. The van der Waals surface area contributed by atoms with Crippen molar-refractivity contribution < 1.29 is 9.90 Å². The van der Waals surface area contributed by atoms with Crippen LogP contribution in [0.3, 0.4) is 0 Å². The maximum Gasteiger partial charge on any atom is 0.236 e. The summed E-state index contributed by atoms with van der Waals surface area (Å²) in [6.07, 6.45) is 1.40. The number of benzene rings is 1. The van der Waals surface area contributed by atoms with Gasteiger partial charge in [0, 0.05) is 45.8 Å². The quantitative estimate of drug-likeness (QED) is 0.897. The van der Waals surface area contributed by atoms with Crippen molar-refractivity contribution in [2.24, 2.45) is 0 Å². The monoisotopic (exact) mass is 331 g/mol. The fourth-order valence-electron chi connectivity index (χ4n) is 3.59. The summed E-state index contributed by atoms with van der Waals surface area (Å²) in [5.74, 6) is 0.238. The molecule has 3 rings (SSSR count). The van der Waals surface area contributed by atoms with Gasteiger partial charge in [0.05, 0.1) is 12.6 Å². The molecule has 0 spiro atoms. The average molecular weight is 331 g/mol. The number of aliphatic hydroxyl groups excluding tert-OH is 1. The van der Waals surface area contributed by atoms with E-state index in [2.05, 4.69) is 41.0 Å². The Balaban J connectivity index is 1.42. The fourth-order valence-corrected chi connectivity index (χ4v) is 3.59. The second kappa shape index (κ2) is 8.10. The first-order chi connectivity index (χ1) is 11.6. The van der Waals surface area contributed by atoms with Crippen LogP contribution in [0.5, 0.6) is 0 Å². The van der Waals surface area contributed by atoms with Crippen LogP contribution in [0.1, 0.15) is 24.0 Å². The van der Waals surface area contributed by atoms with Crippen LogP contribution < -0.4 is 0 Å². The molecule has 0 atom stereocenters. The minimum Gasteiger partial charge on any atom is -0.393 e. The molecule has 132 valence electrons. The van der Waals surface area contributed by atoms with Gasteiger partial charge >= 0.3 is 0 Å². The molecule has 1 amide bonds. The van der Waals surface area contributed by atoms with Gasteiger partial charge < -0.3 is 10.0 Å². The molecule has 2 heterocycles. The molecule has 2 saturated heterocycles. The number of carbonyl (C=O) groups excluding carboxylic acids is 1. The Bertz CT molecular complexity index is 547. The molecule has 5 heteroatoms. The van der Waals surface area contributed by atoms with Gasteiger partial charge in [-0.15, -0.1) is 0 Å². The summed E-state index contributed by atoms with van der Waals surface area (Å²) in [5.41, 5.74) is 2.65. The second-order valence-corrected chi connectivity index (χ2v) is 7.15. The minimum atomic E-state index is -0.179. The number of carbonyl (C=O) groups is 1. The summed E-state index contributed by atoms with van der Waals surface area (Å²) in [6, 6.07) is 8.65. The molecule has 1 N–H and O–H groups in total. The molecule has 1 aromatic rings. The summed E-state index contributed by atoms with van der Waals surface area (Å²) >= 11 is 0. The molecule has 0 unspecified atom stereocenters. The van der Waals surface area contributed by atoms with E-state index in [-0.39, 0.29) is 12.0 Å². The Kier molecular flexibility index (Phi) is 5.87. The van der Waals surface area contributed by atoms with Gasteiger partial charge in [0.1, 0.15) is 0 Å². The molecular weight excluding hydrogens is 302 g/mol. The average Bonchev–Trinajstić information content (AvgIpc) is 2.57. The topological polar surface area (TPSA) is 47.0 Å². The molecule has 0 radical (unpaired) electrons. The maximum atomic E-state index is 12.5. The number of amides is 1. The Morgan fingerprint density at radius 3 is 2.46 bits per heavy atom. The number of hydrogen-bond acceptors (Lipinski definition) is 4. The third-order valence-electron chi connectivity index (χ3n) is 5.13. The number of rotatable bonds is 4. The van der Waals surface area contributed by atoms with Crippen molar-refractivity contribution in [3.8, 4) is 0 Å². The SMILES string of the molecule is Cc1cccc(CN2CCN(C(=O)CN3CCC(O)CC3)CC2)c1. The number of hydrogen-bond donors (Lipinski definition) is 1. The van der Waals surface area contributed by atoms with Crippen LogP contribution in [-0.2, 0) is 11.3 Å². The Morgan fingerprint density at radius 2 is 1.79 bits per heavy atom. The highest BCUT2D eigenvalue weighted by molar-refractivity contribution is 5.78. The van der Waals surface area contributed by atoms with E-state index in [0.29, 0.717) is 6.54 Å². The first-order valence-corrected chi connectivity index (χ1v) is 9.06. The molecule has 2 fully saturated rings. The first kappa shape index (κ1) is 17.4. The lowest BCUT2D eigenvalue weighted by molar-refractivity contribution is -0.134. The van der Waals surface area contributed by atoms with Crippen molar-refractivity contribution in [3.63, 3.8) is 0 Å². The number of aryl methyl sites for hydroxylation is 1. The largest absolute Gasteiger partial charge is 0.393 e. The van der Waals surface area contributed by atoms with Crippen LogP contribution in [0.15, 0.2) is 24.3 Å². The van der Waals surface area contributed by atoms with E-state index in [1.807, 2.05) is 4.90 Å².